The minimum Gasteiger partial charge on any atom is -0.462 e. The smallest absolute Gasteiger partial charge is 0.341 e. The first-order valence-corrected chi connectivity index (χ1v) is 6.70. The molecule has 4 nitrogen and oxygen atoms in total. The van der Waals surface area contributed by atoms with Gasteiger partial charge in [0.1, 0.15) is 5.82 Å². The third kappa shape index (κ3) is 3.06. The van der Waals surface area contributed by atoms with Crippen molar-refractivity contribution >= 4 is 5.97 Å². The summed E-state index contributed by atoms with van der Waals surface area (Å²) in [5.41, 5.74) is 1.39. The topological polar surface area (TPSA) is 52.1 Å². The second-order valence-corrected chi connectivity index (χ2v) is 4.85. The fraction of sp³-hybridized carbons (Fsp3) is 0.643. The molecular formula is C14H20N2O2. The number of hydrogen-bond donors (Lipinski definition) is 0. The highest BCUT2D eigenvalue weighted by Crippen LogP contribution is 2.28. The summed E-state index contributed by atoms with van der Waals surface area (Å²) in [5, 5.41) is 0. The van der Waals surface area contributed by atoms with E-state index in [1.807, 2.05) is 13.8 Å². The lowest BCUT2D eigenvalue weighted by atomic mass is 9.99. The highest BCUT2D eigenvalue weighted by molar-refractivity contribution is 5.90. The van der Waals surface area contributed by atoms with Crippen LogP contribution in [0.4, 0.5) is 0 Å². The zero-order chi connectivity index (χ0) is 13.0. The second kappa shape index (κ2) is 5.94. The van der Waals surface area contributed by atoms with Crippen molar-refractivity contribution in [1.82, 2.24) is 9.97 Å². The summed E-state index contributed by atoms with van der Waals surface area (Å²) >= 11 is 0. The number of aromatic nitrogens is 2. The Hall–Kier alpha value is -1.45. The number of esters is 1. The minimum atomic E-state index is -0.300. The SMILES string of the molecule is CCOC(=O)c1cnc(C)nc1CC1CCCC1. The molecule has 0 N–H and O–H groups in total. The Labute approximate surface area is 108 Å². The van der Waals surface area contributed by atoms with Gasteiger partial charge < -0.3 is 4.74 Å². The summed E-state index contributed by atoms with van der Waals surface area (Å²) in [6.07, 6.45) is 7.55. The highest BCUT2D eigenvalue weighted by Gasteiger charge is 2.21. The van der Waals surface area contributed by atoms with Crippen LogP contribution in [-0.2, 0) is 11.2 Å². The number of nitrogens with zero attached hydrogens (tertiary/aromatic N) is 2. The monoisotopic (exact) mass is 248 g/mol. The summed E-state index contributed by atoms with van der Waals surface area (Å²) in [5.74, 6) is 1.08. The van der Waals surface area contributed by atoms with Crippen LogP contribution in [-0.4, -0.2) is 22.5 Å². The predicted octanol–water partition coefficient (Wildman–Crippen LogP) is 2.69. The molecule has 1 saturated carbocycles. The van der Waals surface area contributed by atoms with Gasteiger partial charge in [-0.1, -0.05) is 25.7 Å². The molecule has 1 aromatic heterocycles. The van der Waals surface area contributed by atoms with E-state index in [0.717, 1.165) is 17.9 Å². The second-order valence-electron chi connectivity index (χ2n) is 4.85. The summed E-state index contributed by atoms with van der Waals surface area (Å²) in [7, 11) is 0. The van der Waals surface area contributed by atoms with Crippen LogP contribution < -0.4 is 0 Å². The van der Waals surface area contributed by atoms with Gasteiger partial charge in [-0.25, -0.2) is 14.8 Å². The van der Waals surface area contributed by atoms with Crippen LogP contribution in [0, 0.1) is 12.8 Å². The maximum absolute atomic E-state index is 11.8. The Bertz CT molecular complexity index is 426. The molecule has 4 heteroatoms. The van der Waals surface area contributed by atoms with Gasteiger partial charge in [-0.05, 0) is 26.2 Å². The van der Waals surface area contributed by atoms with Gasteiger partial charge in [0.15, 0.2) is 0 Å². The lowest BCUT2D eigenvalue weighted by Crippen LogP contribution is -2.13. The fourth-order valence-electron chi connectivity index (χ4n) is 2.54. The van der Waals surface area contributed by atoms with Crippen molar-refractivity contribution in [3.63, 3.8) is 0 Å². The van der Waals surface area contributed by atoms with Crippen LogP contribution in [0.5, 0.6) is 0 Å². The van der Waals surface area contributed by atoms with E-state index in [9.17, 15) is 4.79 Å². The van der Waals surface area contributed by atoms with Crippen LogP contribution in [0.1, 0.15) is 54.5 Å². The summed E-state index contributed by atoms with van der Waals surface area (Å²) in [6.45, 7) is 4.05. The van der Waals surface area contributed by atoms with Crippen molar-refractivity contribution in [3.05, 3.63) is 23.3 Å². The number of rotatable bonds is 4. The predicted molar refractivity (Wildman–Crippen MR) is 68.4 cm³/mol. The first-order valence-electron chi connectivity index (χ1n) is 6.70. The third-order valence-corrected chi connectivity index (χ3v) is 3.44. The van der Waals surface area contributed by atoms with E-state index in [0.29, 0.717) is 18.1 Å². The van der Waals surface area contributed by atoms with Crippen LogP contribution in [0.25, 0.3) is 0 Å². The molecule has 0 spiro atoms. The van der Waals surface area contributed by atoms with Crippen molar-refractivity contribution in [1.29, 1.82) is 0 Å². The van der Waals surface area contributed by atoms with Crippen molar-refractivity contribution in [2.24, 2.45) is 5.92 Å². The van der Waals surface area contributed by atoms with Gasteiger partial charge in [0.2, 0.25) is 0 Å². The average Bonchev–Trinajstić information content (AvgIpc) is 2.82. The lowest BCUT2D eigenvalue weighted by Gasteiger charge is -2.12. The molecular weight excluding hydrogens is 228 g/mol. The summed E-state index contributed by atoms with van der Waals surface area (Å²) < 4.78 is 5.05. The van der Waals surface area contributed by atoms with Gasteiger partial charge in [-0.2, -0.15) is 0 Å². The molecule has 18 heavy (non-hydrogen) atoms. The number of carbonyl (C=O) groups is 1. The van der Waals surface area contributed by atoms with Gasteiger partial charge in [0, 0.05) is 6.20 Å². The van der Waals surface area contributed by atoms with Gasteiger partial charge in [0.25, 0.3) is 0 Å². The van der Waals surface area contributed by atoms with Crippen molar-refractivity contribution < 1.29 is 9.53 Å². The molecule has 0 atom stereocenters. The molecule has 1 aliphatic rings. The van der Waals surface area contributed by atoms with E-state index in [-0.39, 0.29) is 5.97 Å². The largest absolute Gasteiger partial charge is 0.462 e. The quantitative estimate of drug-likeness (QED) is 0.769. The molecule has 0 aliphatic heterocycles. The van der Waals surface area contributed by atoms with Crippen LogP contribution in [0.15, 0.2) is 6.20 Å². The summed E-state index contributed by atoms with van der Waals surface area (Å²) in [6, 6.07) is 0. The first-order chi connectivity index (χ1) is 8.70. The lowest BCUT2D eigenvalue weighted by molar-refractivity contribution is 0.0523. The standard InChI is InChI=1S/C14H20N2O2/c1-3-18-14(17)12-9-15-10(2)16-13(12)8-11-6-4-5-7-11/h9,11H,3-8H2,1-2H3. The molecule has 1 fully saturated rings. The zero-order valence-electron chi connectivity index (χ0n) is 11.1. The van der Waals surface area contributed by atoms with E-state index in [1.54, 1.807) is 6.20 Å². The van der Waals surface area contributed by atoms with E-state index in [2.05, 4.69) is 9.97 Å². The Morgan fingerprint density at radius 3 is 2.83 bits per heavy atom. The van der Waals surface area contributed by atoms with Crippen LogP contribution >= 0.6 is 0 Å². The maximum Gasteiger partial charge on any atom is 0.341 e. The van der Waals surface area contributed by atoms with E-state index >= 15 is 0 Å². The maximum atomic E-state index is 11.8. The number of hydrogen-bond acceptors (Lipinski definition) is 4. The molecule has 0 radical (unpaired) electrons. The summed E-state index contributed by atoms with van der Waals surface area (Å²) in [4.78, 5) is 20.4. The fourth-order valence-corrected chi connectivity index (χ4v) is 2.54. The van der Waals surface area contributed by atoms with E-state index < -0.39 is 0 Å². The molecule has 98 valence electrons. The normalized spacial score (nSPS) is 15.9. The zero-order valence-corrected chi connectivity index (χ0v) is 11.1. The number of carbonyl (C=O) groups excluding carboxylic acids is 1. The molecule has 0 amide bonds. The van der Waals surface area contributed by atoms with Crippen LogP contribution in [0.3, 0.4) is 0 Å². The Morgan fingerprint density at radius 1 is 1.44 bits per heavy atom. The average molecular weight is 248 g/mol. The molecule has 0 bridgehead atoms. The minimum absolute atomic E-state index is 0.300. The molecule has 0 aromatic carbocycles. The molecule has 1 heterocycles. The van der Waals surface area contributed by atoms with Gasteiger partial charge >= 0.3 is 5.97 Å². The van der Waals surface area contributed by atoms with E-state index in [1.165, 1.54) is 25.7 Å². The molecule has 0 saturated heterocycles. The molecule has 2 rings (SSSR count). The third-order valence-electron chi connectivity index (χ3n) is 3.44. The van der Waals surface area contributed by atoms with Crippen molar-refractivity contribution in [2.75, 3.05) is 6.61 Å². The highest BCUT2D eigenvalue weighted by atomic mass is 16.5. The number of ether oxygens (including phenoxy) is 1. The van der Waals surface area contributed by atoms with Gasteiger partial charge in [0.05, 0.1) is 17.9 Å². The molecule has 1 aliphatic carbocycles. The van der Waals surface area contributed by atoms with E-state index in [4.69, 9.17) is 4.74 Å². The first kappa shape index (κ1) is 13.0. The van der Waals surface area contributed by atoms with Crippen molar-refractivity contribution in [3.8, 4) is 0 Å². The van der Waals surface area contributed by atoms with Gasteiger partial charge in [-0.15, -0.1) is 0 Å². The molecule has 1 aromatic rings. The Balaban J connectivity index is 2.19. The van der Waals surface area contributed by atoms with Crippen LogP contribution in [0.2, 0.25) is 0 Å². The number of aryl methyl sites for hydroxylation is 1. The van der Waals surface area contributed by atoms with Crippen molar-refractivity contribution in [2.45, 2.75) is 46.0 Å². The Morgan fingerprint density at radius 2 is 2.17 bits per heavy atom. The Kier molecular flexibility index (Phi) is 4.28. The molecule has 0 unspecified atom stereocenters. The van der Waals surface area contributed by atoms with Gasteiger partial charge in [-0.3, -0.25) is 0 Å².